The van der Waals surface area contributed by atoms with Crippen LogP contribution in [-0.4, -0.2) is 27.8 Å². The van der Waals surface area contributed by atoms with Gasteiger partial charge in [0.2, 0.25) is 0 Å². The molecule has 2 aromatic rings. The first-order valence-corrected chi connectivity index (χ1v) is 8.79. The third-order valence-corrected chi connectivity index (χ3v) is 5.19. The molecule has 0 aliphatic carbocycles. The van der Waals surface area contributed by atoms with E-state index < -0.39 is 11.6 Å². The monoisotopic (exact) mass is 389 g/mol. The minimum atomic E-state index is -0.721. The summed E-state index contributed by atoms with van der Waals surface area (Å²) in [5, 5.41) is 19.2. The van der Waals surface area contributed by atoms with E-state index in [1.165, 1.54) is 13.4 Å². The van der Waals surface area contributed by atoms with Crippen LogP contribution < -0.4 is 10.1 Å². The van der Waals surface area contributed by atoms with Crippen molar-refractivity contribution in [1.82, 2.24) is 9.97 Å². The minimum Gasteiger partial charge on any atom is -0.497 e. The molecule has 1 aliphatic heterocycles. The van der Waals surface area contributed by atoms with Crippen LogP contribution in [0.15, 0.2) is 28.9 Å². The second kappa shape index (κ2) is 7.43. The molecule has 1 aliphatic rings. The van der Waals surface area contributed by atoms with Crippen LogP contribution in [0.25, 0.3) is 5.57 Å². The molecule has 0 spiro atoms. The van der Waals surface area contributed by atoms with Gasteiger partial charge in [0, 0.05) is 35.5 Å². The Morgan fingerprint density at radius 3 is 2.48 bits per heavy atom. The first kappa shape index (κ1) is 19.0. The van der Waals surface area contributed by atoms with E-state index in [4.69, 9.17) is 15.6 Å². The maximum Gasteiger partial charge on any atom is 0.144 e. The van der Waals surface area contributed by atoms with Crippen molar-refractivity contribution in [1.29, 1.82) is 10.8 Å². The third-order valence-electron chi connectivity index (χ3n) is 4.19. The van der Waals surface area contributed by atoms with Gasteiger partial charge in [-0.25, -0.2) is 18.7 Å². The van der Waals surface area contributed by atoms with Crippen LogP contribution in [0.5, 0.6) is 5.75 Å². The Kier molecular flexibility index (Phi) is 5.22. The lowest BCUT2D eigenvalue weighted by Crippen LogP contribution is -2.08. The van der Waals surface area contributed by atoms with Gasteiger partial charge in [0.1, 0.15) is 34.6 Å². The molecule has 0 bridgehead atoms. The first-order chi connectivity index (χ1) is 12.8. The van der Waals surface area contributed by atoms with Gasteiger partial charge in [-0.05, 0) is 19.4 Å². The Morgan fingerprint density at radius 2 is 1.89 bits per heavy atom. The van der Waals surface area contributed by atoms with Gasteiger partial charge in [0.25, 0.3) is 0 Å². The molecule has 2 heterocycles. The van der Waals surface area contributed by atoms with Crippen LogP contribution >= 0.6 is 11.8 Å². The molecular formula is C18H17F2N5OS. The van der Waals surface area contributed by atoms with E-state index in [2.05, 4.69) is 15.3 Å². The number of anilines is 1. The summed E-state index contributed by atoms with van der Waals surface area (Å²) in [4.78, 5) is 8.99. The van der Waals surface area contributed by atoms with Crippen molar-refractivity contribution in [3.8, 4) is 5.75 Å². The zero-order chi connectivity index (χ0) is 19.7. The summed E-state index contributed by atoms with van der Waals surface area (Å²) in [5.41, 5.74) is 1.99. The van der Waals surface area contributed by atoms with Crippen LogP contribution in [0.2, 0.25) is 0 Å². The molecule has 0 atom stereocenters. The summed E-state index contributed by atoms with van der Waals surface area (Å²) in [6, 6.07) is 2.23. The molecule has 0 saturated carbocycles. The second-order valence-electron chi connectivity index (χ2n) is 5.88. The van der Waals surface area contributed by atoms with Crippen molar-refractivity contribution in [2.24, 2.45) is 0 Å². The zero-order valence-corrected chi connectivity index (χ0v) is 15.7. The number of methoxy groups -OCH3 is 1. The fraction of sp³-hybridized carbons (Fsp3) is 0.222. The molecule has 0 fully saturated rings. The number of fused-ring (bicyclic) bond motifs is 1. The summed E-state index contributed by atoms with van der Waals surface area (Å²) < 4.78 is 33.1. The van der Waals surface area contributed by atoms with Crippen LogP contribution in [0.3, 0.4) is 0 Å². The number of hydrogen-bond acceptors (Lipinski definition) is 7. The van der Waals surface area contributed by atoms with Gasteiger partial charge in [-0.15, -0.1) is 0 Å². The average Bonchev–Trinajstić information content (AvgIpc) is 2.96. The Bertz CT molecular complexity index is 967. The largest absolute Gasteiger partial charge is 0.497 e. The number of hydrogen-bond donors (Lipinski definition) is 3. The molecule has 6 nitrogen and oxygen atoms in total. The van der Waals surface area contributed by atoms with Gasteiger partial charge in [-0.2, -0.15) is 0 Å². The Morgan fingerprint density at radius 1 is 1.22 bits per heavy atom. The number of nitrogens with one attached hydrogen (secondary N) is 3. The van der Waals surface area contributed by atoms with Gasteiger partial charge >= 0.3 is 0 Å². The van der Waals surface area contributed by atoms with E-state index >= 15 is 0 Å². The maximum absolute atomic E-state index is 14.1. The topological polar surface area (TPSA) is 94.7 Å². The molecule has 3 N–H and O–H groups in total. The van der Waals surface area contributed by atoms with E-state index in [1.54, 1.807) is 13.8 Å². The molecule has 0 radical (unpaired) electrons. The van der Waals surface area contributed by atoms with Crippen LogP contribution in [0, 0.1) is 22.5 Å². The van der Waals surface area contributed by atoms with E-state index in [9.17, 15) is 8.78 Å². The van der Waals surface area contributed by atoms with E-state index in [1.807, 2.05) is 0 Å². The summed E-state index contributed by atoms with van der Waals surface area (Å²) >= 11 is 1.15. The fourth-order valence-electron chi connectivity index (χ4n) is 2.61. The Labute approximate surface area is 159 Å². The highest BCUT2D eigenvalue weighted by molar-refractivity contribution is 8.15. The first-order valence-electron chi connectivity index (χ1n) is 7.97. The lowest BCUT2D eigenvalue weighted by atomic mass is 10.0. The normalized spacial score (nSPS) is 14.8. The molecule has 3 rings (SSSR count). The number of thioether (sulfide) groups is 1. The number of rotatable bonds is 5. The van der Waals surface area contributed by atoms with Crippen molar-refractivity contribution in [2.45, 2.75) is 25.3 Å². The Balaban J connectivity index is 1.93. The number of benzene rings is 1. The van der Waals surface area contributed by atoms with Crippen molar-refractivity contribution < 1.29 is 13.5 Å². The van der Waals surface area contributed by atoms with Crippen LogP contribution in [0.4, 0.5) is 14.6 Å². The minimum absolute atomic E-state index is 0.105. The van der Waals surface area contributed by atoms with Crippen molar-refractivity contribution in [3.05, 3.63) is 46.9 Å². The highest BCUT2D eigenvalue weighted by Gasteiger charge is 2.29. The number of halogens is 2. The van der Waals surface area contributed by atoms with Gasteiger partial charge in [-0.1, -0.05) is 11.8 Å². The van der Waals surface area contributed by atoms with E-state index in [-0.39, 0.29) is 22.9 Å². The van der Waals surface area contributed by atoms with E-state index in [0.29, 0.717) is 33.3 Å². The maximum atomic E-state index is 14.1. The smallest absolute Gasteiger partial charge is 0.144 e. The predicted octanol–water partition coefficient (Wildman–Crippen LogP) is 4.27. The molecule has 27 heavy (non-hydrogen) atoms. The molecule has 1 aromatic heterocycles. The Hall–Kier alpha value is -2.81. The predicted molar refractivity (Wildman–Crippen MR) is 102 cm³/mol. The highest BCUT2D eigenvalue weighted by Crippen LogP contribution is 2.44. The molecule has 140 valence electrons. The van der Waals surface area contributed by atoms with Crippen molar-refractivity contribution in [2.75, 3.05) is 12.4 Å². The molecule has 0 amide bonds. The SMILES string of the molecule is COc1cc(F)c(CNc2ncnc3c2SC(=N)/C3=C(/C)C(C)=N)c(F)c1. The molecule has 1 aromatic carbocycles. The number of nitrogens with zero attached hydrogens (tertiary/aromatic N) is 2. The molecule has 0 saturated heterocycles. The second-order valence-corrected chi connectivity index (χ2v) is 6.90. The van der Waals surface area contributed by atoms with Crippen molar-refractivity contribution >= 4 is 33.9 Å². The lowest BCUT2D eigenvalue weighted by Gasteiger charge is -2.11. The highest BCUT2D eigenvalue weighted by atomic mass is 32.2. The van der Waals surface area contributed by atoms with E-state index in [0.717, 1.165) is 23.9 Å². The molecule has 0 unspecified atom stereocenters. The summed E-state index contributed by atoms with van der Waals surface area (Å²) in [6.07, 6.45) is 1.33. The van der Waals surface area contributed by atoms with Gasteiger partial charge in [-0.3, -0.25) is 5.41 Å². The average molecular weight is 389 g/mol. The summed E-state index contributed by atoms with van der Waals surface area (Å²) in [5.74, 6) is -0.953. The number of aromatic nitrogens is 2. The van der Waals surface area contributed by atoms with Crippen molar-refractivity contribution in [3.63, 3.8) is 0 Å². The van der Waals surface area contributed by atoms with Crippen LogP contribution in [-0.2, 0) is 6.54 Å². The lowest BCUT2D eigenvalue weighted by molar-refractivity contribution is 0.405. The fourth-order valence-corrected chi connectivity index (χ4v) is 3.64. The number of ether oxygens (including phenoxy) is 1. The zero-order valence-electron chi connectivity index (χ0n) is 14.9. The molecular weight excluding hydrogens is 372 g/mol. The quantitative estimate of drug-likeness (QED) is 0.664. The third kappa shape index (κ3) is 3.55. The molecule has 9 heteroatoms. The van der Waals surface area contributed by atoms with Crippen LogP contribution in [0.1, 0.15) is 25.1 Å². The van der Waals surface area contributed by atoms with Gasteiger partial charge in [0.05, 0.1) is 17.7 Å². The van der Waals surface area contributed by atoms with Gasteiger partial charge in [0.15, 0.2) is 0 Å². The summed E-state index contributed by atoms with van der Waals surface area (Å²) in [7, 11) is 1.34. The summed E-state index contributed by atoms with van der Waals surface area (Å²) in [6.45, 7) is 3.29. The van der Waals surface area contributed by atoms with Gasteiger partial charge < -0.3 is 15.5 Å². The standard InChI is InChI=1S/C18H17F2N5OS/c1-8(9(2)21)14-15-16(27-17(14)22)18(25-7-24-15)23-6-11-12(19)4-10(26-3)5-13(11)20/h4-5,7,21-22H,6H2,1-3H3,(H,23,24,25)/b14-8-,21-9?,22-17?. The number of allylic oxidation sites excluding steroid dienone is 1.